The molecule has 0 aliphatic rings. The lowest BCUT2D eigenvalue weighted by Crippen LogP contribution is -2.24. The molecule has 1 heterocycles. The Balaban J connectivity index is 0. The summed E-state index contributed by atoms with van der Waals surface area (Å²) in [6.45, 7) is 2.51. The van der Waals surface area contributed by atoms with E-state index in [4.69, 9.17) is 0 Å². The number of halogens is 6. The Bertz CT molecular complexity index is 517. The summed E-state index contributed by atoms with van der Waals surface area (Å²) < 4.78 is 70.8. The summed E-state index contributed by atoms with van der Waals surface area (Å²) in [5.74, 6) is 1.84. The molecule has 0 aliphatic heterocycles. The van der Waals surface area contributed by atoms with Crippen molar-refractivity contribution in [3.63, 3.8) is 0 Å². The standard InChI is InChI=1S/C6H7F3N2.C5H5F3O2.CH6N2/c1-4-3-5(6(7,8)9)10-11(4)2;1-3(9)2-4(10)5(6,7)8;1-3-2/h3H,1-2H3;2H2,1H3;3H,2H2,1H3. The normalized spacial score (nSPS) is 11.0. The third-order valence-electron chi connectivity index (χ3n) is 2.13. The largest absolute Gasteiger partial charge is 0.450 e. The van der Waals surface area contributed by atoms with Gasteiger partial charge in [-0.3, -0.25) is 25.5 Å². The van der Waals surface area contributed by atoms with Crippen molar-refractivity contribution in [3.05, 3.63) is 17.5 Å². The van der Waals surface area contributed by atoms with Crippen molar-refractivity contribution in [2.45, 2.75) is 32.6 Å². The molecule has 0 aromatic carbocycles. The Hall–Kier alpha value is -1.95. The van der Waals surface area contributed by atoms with Crippen molar-refractivity contribution in [1.29, 1.82) is 0 Å². The highest BCUT2D eigenvalue weighted by atomic mass is 19.4. The molecule has 140 valence electrons. The van der Waals surface area contributed by atoms with Crippen LogP contribution in [0, 0.1) is 6.92 Å². The minimum absolute atomic E-state index is 0.498. The van der Waals surface area contributed by atoms with Gasteiger partial charge in [-0.2, -0.15) is 31.4 Å². The van der Waals surface area contributed by atoms with Crippen LogP contribution in [0.15, 0.2) is 6.07 Å². The van der Waals surface area contributed by atoms with Crippen LogP contribution in [0.2, 0.25) is 0 Å². The molecule has 12 heteroatoms. The van der Waals surface area contributed by atoms with E-state index in [2.05, 4.69) is 16.4 Å². The summed E-state index contributed by atoms with van der Waals surface area (Å²) in [4.78, 5) is 19.9. The SMILES string of the molecule is CC(=O)CC(=O)C(F)(F)F.CNN.Cc1cc(C(F)(F)F)nn1C. The summed E-state index contributed by atoms with van der Waals surface area (Å²) in [5, 5.41) is 3.27. The quantitative estimate of drug-likeness (QED) is 0.362. The number of carbonyl (C=O) groups is 2. The Kier molecular flexibility index (Phi) is 10.2. The topological polar surface area (TPSA) is 90.0 Å². The number of carbonyl (C=O) groups excluding carboxylic acids is 2. The Morgan fingerprint density at radius 2 is 1.67 bits per heavy atom. The van der Waals surface area contributed by atoms with Gasteiger partial charge in [0.15, 0.2) is 5.69 Å². The predicted molar refractivity (Wildman–Crippen MR) is 72.6 cm³/mol. The maximum atomic E-state index is 11.9. The van der Waals surface area contributed by atoms with Gasteiger partial charge in [-0.05, 0) is 27.0 Å². The van der Waals surface area contributed by atoms with E-state index >= 15 is 0 Å². The van der Waals surface area contributed by atoms with E-state index in [0.717, 1.165) is 13.0 Å². The number of Topliss-reactive ketones (excluding diaryl/α,β-unsaturated/α-hetero) is 2. The molecular weight excluding hydrogens is 346 g/mol. The summed E-state index contributed by atoms with van der Waals surface area (Å²) >= 11 is 0. The first-order valence-electron chi connectivity index (χ1n) is 6.21. The van der Waals surface area contributed by atoms with Gasteiger partial charge in [0, 0.05) is 12.7 Å². The minimum atomic E-state index is -4.87. The van der Waals surface area contributed by atoms with Gasteiger partial charge < -0.3 is 0 Å². The van der Waals surface area contributed by atoms with Crippen LogP contribution in [0.3, 0.4) is 0 Å². The second kappa shape index (κ2) is 10.0. The zero-order valence-electron chi connectivity index (χ0n) is 13.3. The Labute approximate surface area is 134 Å². The lowest BCUT2D eigenvalue weighted by molar-refractivity contribution is -0.171. The van der Waals surface area contributed by atoms with Gasteiger partial charge in [0.2, 0.25) is 5.78 Å². The summed E-state index contributed by atoms with van der Waals surface area (Å²) in [6.07, 6.45) is -10.2. The molecule has 0 spiro atoms. The molecule has 0 atom stereocenters. The smallest absolute Gasteiger partial charge is 0.300 e. The van der Waals surface area contributed by atoms with E-state index in [1.807, 2.05) is 0 Å². The number of aromatic nitrogens is 2. The molecule has 1 rings (SSSR count). The third kappa shape index (κ3) is 10.7. The summed E-state index contributed by atoms with van der Waals surface area (Å²) in [5.41, 5.74) is 1.91. The highest BCUT2D eigenvalue weighted by Crippen LogP contribution is 2.27. The average Bonchev–Trinajstić information content (AvgIpc) is 2.69. The fourth-order valence-electron chi connectivity index (χ4n) is 1.03. The van der Waals surface area contributed by atoms with Gasteiger partial charge in [-0.25, -0.2) is 0 Å². The molecule has 0 radical (unpaired) electrons. The molecular formula is C12H18F6N4O2. The average molecular weight is 364 g/mol. The monoisotopic (exact) mass is 364 g/mol. The van der Waals surface area contributed by atoms with Crippen LogP contribution in [-0.4, -0.2) is 34.6 Å². The number of hydrogen-bond acceptors (Lipinski definition) is 5. The number of ketones is 2. The molecule has 0 amide bonds. The molecule has 6 nitrogen and oxygen atoms in total. The molecule has 1 aromatic heterocycles. The molecule has 0 saturated carbocycles. The van der Waals surface area contributed by atoms with Gasteiger partial charge in [-0.1, -0.05) is 0 Å². The molecule has 1 aromatic rings. The molecule has 0 unspecified atom stereocenters. The number of hydrazine groups is 1. The molecule has 0 aliphatic carbocycles. The van der Waals surface area contributed by atoms with Gasteiger partial charge >= 0.3 is 12.4 Å². The number of alkyl halides is 6. The number of aryl methyl sites for hydroxylation is 2. The van der Waals surface area contributed by atoms with Crippen LogP contribution in [0.1, 0.15) is 24.7 Å². The van der Waals surface area contributed by atoms with E-state index in [1.165, 1.54) is 11.7 Å². The van der Waals surface area contributed by atoms with E-state index in [9.17, 15) is 35.9 Å². The highest BCUT2D eigenvalue weighted by Gasteiger charge is 2.38. The van der Waals surface area contributed by atoms with Crippen molar-refractivity contribution in [3.8, 4) is 0 Å². The molecule has 0 saturated heterocycles. The van der Waals surface area contributed by atoms with Gasteiger partial charge in [-0.15, -0.1) is 0 Å². The lowest BCUT2D eigenvalue weighted by atomic mass is 10.2. The van der Waals surface area contributed by atoms with Crippen LogP contribution < -0.4 is 11.3 Å². The van der Waals surface area contributed by atoms with Crippen LogP contribution in [0.5, 0.6) is 0 Å². The fourth-order valence-corrected chi connectivity index (χ4v) is 1.03. The van der Waals surface area contributed by atoms with Crippen molar-refractivity contribution in [2.75, 3.05) is 7.05 Å². The first kappa shape index (κ1) is 24.3. The van der Waals surface area contributed by atoms with E-state index in [1.54, 1.807) is 14.0 Å². The number of rotatable bonds is 2. The fraction of sp³-hybridized carbons (Fsp3) is 0.583. The molecule has 0 bridgehead atoms. The Morgan fingerprint density at radius 1 is 1.25 bits per heavy atom. The third-order valence-corrected chi connectivity index (χ3v) is 2.13. The first-order valence-corrected chi connectivity index (χ1v) is 6.21. The van der Waals surface area contributed by atoms with Gasteiger partial charge in [0.1, 0.15) is 5.78 Å². The molecule has 3 N–H and O–H groups in total. The van der Waals surface area contributed by atoms with Crippen LogP contribution in [0.25, 0.3) is 0 Å². The van der Waals surface area contributed by atoms with Gasteiger partial charge in [0.05, 0.1) is 6.42 Å². The second-order valence-electron chi connectivity index (χ2n) is 4.38. The van der Waals surface area contributed by atoms with Gasteiger partial charge in [0.25, 0.3) is 0 Å². The number of hydrogen-bond donors (Lipinski definition) is 2. The van der Waals surface area contributed by atoms with E-state index in [-0.39, 0.29) is 0 Å². The van der Waals surface area contributed by atoms with Crippen molar-refractivity contribution in [2.24, 2.45) is 12.9 Å². The van der Waals surface area contributed by atoms with E-state index < -0.39 is 36.0 Å². The predicted octanol–water partition coefficient (Wildman–Crippen LogP) is 1.92. The zero-order chi connectivity index (χ0) is 19.7. The number of nitrogens with zero attached hydrogens (tertiary/aromatic N) is 2. The maximum absolute atomic E-state index is 11.9. The van der Waals surface area contributed by atoms with Crippen LogP contribution in [-0.2, 0) is 22.8 Å². The van der Waals surface area contributed by atoms with Crippen molar-refractivity contribution >= 4 is 11.6 Å². The summed E-state index contributed by atoms with van der Waals surface area (Å²) in [6, 6.07) is 1.01. The summed E-state index contributed by atoms with van der Waals surface area (Å²) in [7, 11) is 3.13. The first-order chi connectivity index (χ1) is 10.7. The molecule has 0 fully saturated rings. The maximum Gasteiger partial charge on any atom is 0.450 e. The number of nitrogens with two attached hydrogens (primary N) is 1. The Morgan fingerprint density at radius 3 is 1.79 bits per heavy atom. The lowest BCUT2D eigenvalue weighted by Gasteiger charge is -2.00. The van der Waals surface area contributed by atoms with Crippen molar-refractivity contribution in [1.82, 2.24) is 15.2 Å². The van der Waals surface area contributed by atoms with Crippen LogP contribution >= 0.6 is 0 Å². The number of nitrogens with one attached hydrogen (secondary N) is 1. The zero-order valence-corrected chi connectivity index (χ0v) is 13.3. The highest BCUT2D eigenvalue weighted by molar-refractivity contribution is 6.00. The van der Waals surface area contributed by atoms with E-state index in [0.29, 0.717) is 5.69 Å². The van der Waals surface area contributed by atoms with Crippen molar-refractivity contribution < 1.29 is 35.9 Å². The van der Waals surface area contributed by atoms with Crippen LogP contribution in [0.4, 0.5) is 26.3 Å². The minimum Gasteiger partial charge on any atom is -0.300 e. The molecule has 24 heavy (non-hydrogen) atoms. The second-order valence-corrected chi connectivity index (χ2v) is 4.38.